The molecule has 0 spiro atoms. The smallest absolute Gasteiger partial charge is 0.406 e. The Morgan fingerprint density at radius 2 is 1.84 bits per heavy atom. The van der Waals surface area contributed by atoms with Crippen molar-refractivity contribution in [2.45, 2.75) is 32.7 Å². The molecule has 3 rings (SSSR count). The number of aliphatic hydroxyl groups excluding tert-OH is 1. The number of halogens is 4. The zero-order valence-corrected chi connectivity index (χ0v) is 17.0. The van der Waals surface area contributed by atoms with Crippen LogP contribution >= 0.6 is 0 Å². The van der Waals surface area contributed by atoms with Gasteiger partial charge < -0.3 is 24.4 Å². The first-order chi connectivity index (χ1) is 14.4. The minimum absolute atomic E-state index is 0.140. The largest absolute Gasteiger partial charge is 0.492 e. The van der Waals surface area contributed by atoms with Gasteiger partial charge in [-0.3, -0.25) is 4.79 Å². The lowest BCUT2D eigenvalue weighted by atomic mass is 9.88. The van der Waals surface area contributed by atoms with Crippen LogP contribution < -0.4 is 15.1 Å². The number of fused-ring (bicyclic) bond motifs is 1. The van der Waals surface area contributed by atoms with Crippen LogP contribution in [0.15, 0.2) is 17.1 Å². The first-order valence-electron chi connectivity index (χ1n) is 9.52. The Morgan fingerprint density at radius 3 is 2.32 bits per heavy atom. The highest BCUT2D eigenvalue weighted by Gasteiger charge is 2.35. The van der Waals surface area contributed by atoms with Crippen molar-refractivity contribution in [3.8, 4) is 5.75 Å². The van der Waals surface area contributed by atoms with Gasteiger partial charge in [0.2, 0.25) is 5.43 Å². The van der Waals surface area contributed by atoms with E-state index in [4.69, 9.17) is 4.74 Å². The minimum Gasteiger partial charge on any atom is -0.492 e. The lowest BCUT2D eigenvalue weighted by Crippen LogP contribution is -2.47. The Bertz CT molecular complexity index is 1070. The predicted molar refractivity (Wildman–Crippen MR) is 104 cm³/mol. The summed E-state index contributed by atoms with van der Waals surface area (Å²) in [6.45, 7) is 2.34. The van der Waals surface area contributed by atoms with Gasteiger partial charge >= 0.3 is 12.1 Å². The number of carbonyl (C=O) groups is 1. The number of anilines is 1. The standard InChI is InChI=1S/C20H22F4N2O5/c1-9-5-25(6-10(2)16(9)27)15-13(21)4-11-14(18(15)31-3)26(8-20(22,23)24)7-12(17(11)28)19(29)30/h4,7,9-10,16,27H,5-6,8H2,1-3H3,(H,29,30). The topological polar surface area (TPSA) is 92.0 Å². The van der Waals surface area contributed by atoms with Crippen molar-refractivity contribution in [3.05, 3.63) is 33.9 Å². The van der Waals surface area contributed by atoms with Gasteiger partial charge in [-0.2, -0.15) is 13.2 Å². The number of aliphatic hydroxyl groups is 1. The van der Waals surface area contributed by atoms with Crippen LogP contribution in [0.4, 0.5) is 23.2 Å². The van der Waals surface area contributed by atoms with Gasteiger partial charge in [0, 0.05) is 19.3 Å². The summed E-state index contributed by atoms with van der Waals surface area (Å²) in [6.07, 6.45) is -4.78. The monoisotopic (exact) mass is 446 g/mol. The van der Waals surface area contributed by atoms with Crippen LogP contribution in [0.2, 0.25) is 0 Å². The molecule has 0 aliphatic carbocycles. The van der Waals surface area contributed by atoms with Gasteiger partial charge in [0.1, 0.15) is 17.8 Å². The number of nitrogens with zero attached hydrogens (tertiary/aromatic N) is 2. The fourth-order valence-corrected chi connectivity index (χ4v) is 4.18. The summed E-state index contributed by atoms with van der Waals surface area (Å²) in [5.41, 5.74) is -2.51. The van der Waals surface area contributed by atoms with Crippen molar-refractivity contribution in [2.24, 2.45) is 11.8 Å². The molecule has 1 fully saturated rings. The molecule has 1 aliphatic rings. The van der Waals surface area contributed by atoms with Crippen molar-refractivity contribution in [1.29, 1.82) is 0 Å². The third-order valence-electron chi connectivity index (χ3n) is 5.53. The van der Waals surface area contributed by atoms with Crippen LogP contribution in [0.5, 0.6) is 5.75 Å². The summed E-state index contributed by atoms with van der Waals surface area (Å²) < 4.78 is 60.7. The van der Waals surface area contributed by atoms with Gasteiger partial charge in [0.05, 0.1) is 24.1 Å². The Balaban J connectivity index is 2.35. The molecule has 11 heteroatoms. The summed E-state index contributed by atoms with van der Waals surface area (Å²) in [4.78, 5) is 25.5. The van der Waals surface area contributed by atoms with Gasteiger partial charge in [-0.05, 0) is 17.9 Å². The second kappa shape index (κ2) is 8.03. The maximum atomic E-state index is 15.2. The Labute approximate surface area is 174 Å². The molecular weight excluding hydrogens is 424 g/mol. The third kappa shape index (κ3) is 4.18. The fourth-order valence-electron chi connectivity index (χ4n) is 4.18. The molecule has 2 heterocycles. The molecule has 2 aromatic rings. The maximum absolute atomic E-state index is 15.2. The number of aromatic nitrogens is 1. The van der Waals surface area contributed by atoms with Crippen LogP contribution in [0.3, 0.4) is 0 Å². The number of rotatable bonds is 4. The summed E-state index contributed by atoms with van der Waals surface area (Å²) in [7, 11) is 1.14. The maximum Gasteiger partial charge on any atom is 0.406 e. The first-order valence-corrected chi connectivity index (χ1v) is 9.52. The summed E-state index contributed by atoms with van der Waals surface area (Å²) in [5, 5.41) is 18.9. The number of piperidine rings is 1. The van der Waals surface area contributed by atoms with Crippen LogP contribution in [0.1, 0.15) is 24.2 Å². The molecular formula is C20H22F4N2O5. The first kappa shape index (κ1) is 22.9. The number of benzene rings is 1. The molecule has 0 bridgehead atoms. The van der Waals surface area contributed by atoms with Gasteiger partial charge in [-0.15, -0.1) is 0 Å². The van der Waals surface area contributed by atoms with Gasteiger partial charge in [-0.1, -0.05) is 13.8 Å². The van der Waals surface area contributed by atoms with Crippen molar-refractivity contribution < 1.29 is 37.3 Å². The van der Waals surface area contributed by atoms with Gasteiger partial charge in [-0.25, -0.2) is 9.18 Å². The Hall–Kier alpha value is -2.82. The third-order valence-corrected chi connectivity index (χ3v) is 5.53. The molecule has 0 radical (unpaired) electrons. The second-order valence-corrected chi connectivity index (χ2v) is 7.91. The average Bonchev–Trinajstić information content (AvgIpc) is 2.65. The van der Waals surface area contributed by atoms with Crippen molar-refractivity contribution >= 4 is 22.6 Å². The van der Waals surface area contributed by atoms with E-state index in [1.807, 2.05) is 0 Å². The van der Waals surface area contributed by atoms with E-state index in [0.717, 1.165) is 13.2 Å². The SMILES string of the molecule is COc1c(N2CC(C)C(O)C(C)C2)c(F)cc2c(=O)c(C(=O)O)cn(CC(F)(F)F)c12. The van der Waals surface area contributed by atoms with Crippen molar-refractivity contribution in [1.82, 2.24) is 4.57 Å². The van der Waals surface area contributed by atoms with E-state index in [-0.39, 0.29) is 41.9 Å². The van der Waals surface area contributed by atoms with E-state index in [1.165, 1.54) is 0 Å². The summed E-state index contributed by atoms with van der Waals surface area (Å²) in [6, 6.07) is 0.745. The fraction of sp³-hybridized carbons (Fsp3) is 0.500. The number of hydrogen-bond donors (Lipinski definition) is 2. The summed E-state index contributed by atoms with van der Waals surface area (Å²) in [5.74, 6) is -3.47. The molecule has 2 atom stereocenters. The molecule has 1 aromatic heterocycles. The number of pyridine rings is 1. The van der Waals surface area contributed by atoms with Crippen LogP contribution in [-0.2, 0) is 6.54 Å². The van der Waals surface area contributed by atoms with E-state index in [0.29, 0.717) is 10.8 Å². The number of carboxylic acids is 1. The van der Waals surface area contributed by atoms with Crippen molar-refractivity contribution in [3.63, 3.8) is 0 Å². The average molecular weight is 446 g/mol. The quantitative estimate of drug-likeness (QED) is 0.702. The lowest BCUT2D eigenvalue weighted by Gasteiger charge is -2.40. The number of aromatic carboxylic acids is 1. The highest BCUT2D eigenvalue weighted by molar-refractivity contribution is 5.97. The molecule has 1 aromatic carbocycles. The second-order valence-electron chi connectivity index (χ2n) is 7.91. The van der Waals surface area contributed by atoms with Gasteiger partial charge in [0.25, 0.3) is 0 Å². The molecule has 1 aliphatic heterocycles. The van der Waals surface area contributed by atoms with E-state index in [2.05, 4.69) is 0 Å². The number of ether oxygens (including phenoxy) is 1. The minimum atomic E-state index is -4.74. The normalized spacial score (nSPS) is 22.1. The van der Waals surface area contributed by atoms with Crippen molar-refractivity contribution in [2.75, 3.05) is 25.1 Å². The van der Waals surface area contributed by atoms with E-state index < -0.39 is 47.0 Å². The lowest BCUT2D eigenvalue weighted by molar-refractivity contribution is -0.140. The zero-order chi connectivity index (χ0) is 23.2. The molecule has 170 valence electrons. The Kier molecular flexibility index (Phi) is 5.92. The van der Waals surface area contributed by atoms with Gasteiger partial charge in [0.15, 0.2) is 11.6 Å². The number of alkyl halides is 3. The number of carboxylic acid groups (broad SMARTS) is 1. The molecule has 2 N–H and O–H groups in total. The van der Waals surface area contributed by atoms with Crippen LogP contribution in [0.25, 0.3) is 10.9 Å². The molecule has 1 saturated heterocycles. The summed E-state index contributed by atoms with van der Waals surface area (Å²) >= 11 is 0. The molecule has 2 unspecified atom stereocenters. The number of hydrogen-bond acceptors (Lipinski definition) is 5. The highest BCUT2D eigenvalue weighted by atomic mass is 19.4. The molecule has 7 nitrogen and oxygen atoms in total. The molecule has 31 heavy (non-hydrogen) atoms. The van der Waals surface area contributed by atoms with Crippen LogP contribution in [-0.4, -0.2) is 53.2 Å². The van der Waals surface area contributed by atoms with E-state index in [9.17, 15) is 33.0 Å². The van der Waals surface area contributed by atoms with E-state index >= 15 is 4.39 Å². The highest BCUT2D eigenvalue weighted by Crippen LogP contribution is 2.41. The Morgan fingerprint density at radius 1 is 1.26 bits per heavy atom. The predicted octanol–water partition coefficient (Wildman–Crippen LogP) is 2.86. The zero-order valence-electron chi connectivity index (χ0n) is 17.0. The molecule has 0 amide bonds. The molecule has 0 saturated carbocycles. The number of methoxy groups -OCH3 is 1. The van der Waals surface area contributed by atoms with Crippen LogP contribution in [0, 0.1) is 17.7 Å². The van der Waals surface area contributed by atoms with E-state index in [1.54, 1.807) is 18.7 Å².